The van der Waals surface area contributed by atoms with E-state index in [4.69, 9.17) is 0 Å². The van der Waals surface area contributed by atoms with E-state index in [1.807, 2.05) is 19.9 Å². The van der Waals surface area contributed by atoms with Gasteiger partial charge in [0, 0.05) is 5.56 Å². The van der Waals surface area contributed by atoms with Crippen LogP contribution in [0.2, 0.25) is 0 Å². The number of benzene rings is 1. The molecule has 0 saturated carbocycles. The summed E-state index contributed by atoms with van der Waals surface area (Å²) in [6.07, 6.45) is 2.96. The van der Waals surface area contributed by atoms with Gasteiger partial charge >= 0.3 is 0 Å². The lowest BCUT2D eigenvalue weighted by Crippen LogP contribution is -1.90. The van der Waals surface area contributed by atoms with Crippen molar-refractivity contribution in [1.82, 2.24) is 0 Å². The summed E-state index contributed by atoms with van der Waals surface area (Å²) in [6.45, 7) is 8.18. The van der Waals surface area contributed by atoms with Gasteiger partial charge < -0.3 is 5.11 Å². The smallest absolute Gasteiger partial charge is 0.119 e. The summed E-state index contributed by atoms with van der Waals surface area (Å²) in [5.74, 6) is 0.417. The molecule has 76 valence electrons. The predicted molar refractivity (Wildman–Crippen MR) is 60.7 cm³/mol. The molecule has 1 rings (SSSR count). The lowest BCUT2D eigenvalue weighted by Gasteiger charge is -2.07. The second kappa shape index (κ2) is 4.32. The maximum atomic E-state index is 9.76. The lowest BCUT2D eigenvalue weighted by atomic mass is 10.0. The largest absolute Gasteiger partial charge is 0.508 e. The number of aromatic hydroxyl groups is 1. The number of aryl methyl sites for hydroxylation is 2. The second-order valence-electron chi connectivity index (χ2n) is 4.07. The minimum Gasteiger partial charge on any atom is -0.508 e. The van der Waals surface area contributed by atoms with Gasteiger partial charge in [0.05, 0.1) is 0 Å². The molecule has 1 heteroatoms. The summed E-state index contributed by atoms with van der Waals surface area (Å²) < 4.78 is 0. The fourth-order valence-corrected chi connectivity index (χ4v) is 1.55. The third kappa shape index (κ3) is 2.63. The van der Waals surface area contributed by atoms with E-state index in [0.717, 1.165) is 17.5 Å². The third-order valence-electron chi connectivity index (χ3n) is 2.31. The molecule has 0 atom stereocenters. The Morgan fingerprint density at radius 2 is 1.93 bits per heavy atom. The van der Waals surface area contributed by atoms with Crippen molar-refractivity contribution in [2.24, 2.45) is 0 Å². The second-order valence-corrected chi connectivity index (χ2v) is 4.07. The van der Waals surface area contributed by atoms with Crippen molar-refractivity contribution in [3.05, 3.63) is 40.5 Å². The Morgan fingerprint density at radius 1 is 1.29 bits per heavy atom. The number of hydrogen-bond donors (Lipinski definition) is 1. The topological polar surface area (TPSA) is 20.2 Å². The van der Waals surface area contributed by atoms with E-state index in [-0.39, 0.29) is 0 Å². The molecule has 0 aliphatic rings. The molecule has 0 aliphatic heterocycles. The molecule has 1 aromatic rings. The maximum absolute atomic E-state index is 9.76. The highest BCUT2D eigenvalue weighted by atomic mass is 16.3. The van der Waals surface area contributed by atoms with Gasteiger partial charge in [0.15, 0.2) is 0 Å². The number of rotatable bonds is 2. The van der Waals surface area contributed by atoms with E-state index < -0.39 is 0 Å². The van der Waals surface area contributed by atoms with Crippen molar-refractivity contribution in [2.45, 2.75) is 34.1 Å². The lowest BCUT2D eigenvalue weighted by molar-refractivity contribution is 0.468. The van der Waals surface area contributed by atoms with Gasteiger partial charge in [-0.3, -0.25) is 0 Å². The molecular weight excluding hydrogens is 172 g/mol. The molecular formula is C13H18O. The van der Waals surface area contributed by atoms with E-state index in [1.165, 1.54) is 11.1 Å². The van der Waals surface area contributed by atoms with Crippen molar-refractivity contribution in [3.63, 3.8) is 0 Å². The standard InChI is InChI=1S/C13H18O/c1-9(2)5-6-12-11(4)7-10(3)8-13(12)14/h5,7-8,14H,6H2,1-4H3. The average Bonchev–Trinajstić information content (AvgIpc) is 2.01. The molecule has 0 aromatic heterocycles. The molecule has 0 amide bonds. The number of allylic oxidation sites excluding steroid dienone is 2. The summed E-state index contributed by atoms with van der Waals surface area (Å²) in [5.41, 5.74) is 4.60. The predicted octanol–water partition coefficient (Wildman–Crippen LogP) is 3.52. The molecule has 0 spiro atoms. The first-order valence-corrected chi connectivity index (χ1v) is 4.93. The van der Waals surface area contributed by atoms with Gasteiger partial charge in [-0.2, -0.15) is 0 Å². The number of phenols is 1. The van der Waals surface area contributed by atoms with E-state index in [0.29, 0.717) is 5.75 Å². The minimum absolute atomic E-state index is 0.417. The number of hydrogen-bond acceptors (Lipinski definition) is 1. The summed E-state index contributed by atoms with van der Waals surface area (Å²) >= 11 is 0. The van der Waals surface area contributed by atoms with E-state index in [9.17, 15) is 5.11 Å². The van der Waals surface area contributed by atoms with Crippen molar-refractivity contribution < 1.29 is 5.11 Å². The van der Waals surface area contributed by atoms with Crippen LogP contribution in [0, 0.1) is 13.8 Å². The van der Waals surface area contributed by atoms with Gasteiger partial charge in [0.2, 0.25) is 0 Å². The van der Waals surface area contributed by atoms with Crippen LogP contribution < -0.4 is 0 Å². The van der Waals surface area contributed by atoms with Gasteiger partial charge in [-0.25, -0.2) is 0 Å². The summed E-state index contributed by atoms with van der Waals surface area (Å²) in [5, 5.41) is 9.76. The molecule has 14 heavy (non-hydrogen) atoms. The summed E-state index contributed by atoms with van der Waals surface area (Å²) in [6, 6.07) is 3.93. The molecule has 0 saturated heterocycles. The molecule has 0 fully saturated rings. The first kappa shape index (κ1) is 10.8. The molecule has 1 N–H and O–H groups in total. The monoisotopic (exact) mass is 190 g/mol. The average molecular weight is 190 g/mol. The fourth-order valence-electron chi connectivity index (χ4n) is 1.55. The Morgan fingerprint density at radius 3 is 2.43 bits per heavy atom. The van der Waals surface area contributed by atoms with Crippen LogP contribution >= 0.6 is 0 Å². The van der Waals surface area contributed by atoms with Crippen LogP contribution in [-0.2, 0) is 6.42 Å². The van der Waals surface area contributed by atoms with Crippen LogP contribution in [0.3, 0.4) is 0 Å². The van der Waals surface area contributed by atoms with Crippen LogP contribution in [-0.4, -0.2) is 5.11 Å². The Labute approximate surface area is 86.1 Å². The Hall–Kier alpha value is -1.24. The Balaban J connectivity index is 3.03. The van der Waals surface area contributed by atoms with Crippen LogP contribution in [0.15, 0.2) is 23.8 Å². The highest BCUT2D eigenvalue weighted by Gasteiger charge is 2.03. The van der Waals surface area contributed by atoms with Gasteiger partial charge in [0.25, 0.3) is 0 Å². The Kier molecular flexibility index (Phi) is 3.34. The molecule has 0 bridgehead atoms. The van der Waals surface area contributed by atoms with Crippen LogP contribution in [0.5, 0.6) is 5.75 Å². The van der Waals surface area contributed by atoms with Crippen molar-refractivity contribution in [2.75, 3.05) is 0 Å². The zero-order valence-corrected chi connectivity index (χ0v) is 9.39. The van der Waals surface area contributed by atoms with Crippen LogP contribution in [0.4, 0.5) is 0 Å². The van der Waals surface area contributed by atoms with E-state index in [2.05, 4.69) is 26.0 Å². The van der Waals surface area contributed by atoms with Crippen LogP contribution in [0.25, 0.3) is 0 Å². The minimum atomic E-state index is 0.417. The van der Waals surface area contributed by atoms with Gasteiger partial charge in [-0.05, 0) is 51.3 Å². The normalized spacial score (nSPS) is 10.0. The third-order valence-corrected chi connectivity index (χ3v) is 2.31. The molecule has 1 nitrogen and oxygen atoms in total. The van der Waals surface area contributed by atoms with Gasteiger partial charge in [-0.15, -0.1) is 0 Å². The fraction of sp³-hybridized carbons (Fsp3) is 0.385. The first-order chi connectivity index (χ1) is 6.50. The molecule has 0 unspecified atom stereocenters. The SMILES string of the molecule is CC(C)=CCc1c(C)cc(C)cc1O. The molecule has 0 heterocycles. The van der Waals surface area contributed by atoms with E-state index in [1.54, 1.807) is 0 Å². The zero-order valence-electron chi connectivity index (χ0n) is 9.39. The van der Waals surface area contributed by atoms with Crippen molar-refractivity contribution in [3.8, 4) is 5.75 Å². The van der Waals surface area contributed by atoms with Crippen molar-refractivity contribution >= 4 is 0 Å². The molecule has 0 radical (unpaired) electrons. The first-order valence-electron chi connectivity index (χ1n) is 4.93. The summed E-state index contributed by atoms with van der Waals surface area (Å²) in [4.78, 5) is 0. The maximum Gasteiger partial charge on any atom is 0.119 e. The quantitative estimate of drug-likeness (QED) is 0.707. The zero-order chi connectivity index (χ0) is 10.7. The van der Waals surface area contributed by atoms with Crippen LogP contribution in [0.1, 0.15) is 30.5 Å². The highest BCUT2D eigenvalue weighted by Crippen LogP contribution is 2.23. The number of phenolic OH excluding ortho intramolecular Hbond substituents is 1. The summed E-state index contributed by atoms with van der Waals surface area (Å²) in [7, 11) is 0. The van der Waals surface area contributed by atoms with Crippen molar-refractivity contribution in [1.29, 1.82) is 0 Å². The Bertz CT molecular complexity index is 334. The van der Waals surface area contributed by atoms with Gasteiger partial charge in [-0.1, -0.05) is 17.7 Å². The highest BCUT2D eigenvalue weighted by molar-refractivity contribution is 5.43. The molecule has 0 aliphatic carbocycles. The molecule has 1 aromatic carbocycles. The van der Waals surface area contributed by atoms with E-state index >= 15 is 0 Å². The van der Waals surface area contributed by atoms with Gasteiger partial charge in [0.1, 0.15) is 5.75 Å².